The van der Waals surface area contributed by atoms with Crippen LogP contribution in [0.4, 0.5) is 0 Å². The molecule has 2 N–H and O–H groups in total. The minimum Gasteiger partial charge on any atom is -0.497 e. The molecule has 1 rings (SSSR count). The number of carbonyl (C=O) groups excluding carboxylic acids is 1. The van der Waals surface area contributed by atoms with E-state index in [0.29, 0.717) is 38.5 Å². The fraction of sp³-hybridized carbons (Fsp3) is 0.579. The van der Waals surface area contributed by atoms with Gasteiger partial charge in [0.05, 0.1) is 20.3 Å². The van der Waals surface area contributed by atoms with E-state index in [9.17, 15) is 4.79 Å². The zero-order valence-electron chi connectivity index (χ0n) is 16.2. The third-order valence-corrected chi connectivity index (χ3v) is 3.38. The number of rotatable bonds is 11. The molecule has 1 aromatic carbocycles. The molecule has 7 nitrogen and oxygen atoms in total. The van der Waals surface area contributed by atoms with Crippen LogP contribution in [0.2, 0.25) is 0 Å². The van der Waals surface area contributed by atoms with Gasteiger partial charge in [-0.15, -0.1) is 0 Å². The molecule has 0 aliphatic heterocycles. The van der Waals surface area contributed by atoms with Crippen LogP contribution in [0.25, 0.3) is 0 Å². The second-order valence-corrected chi connectivity index (χ2v) is 5.66. The van der Waals surface area contributed by atoms with Crippen molar-refractivity contribution in [3.8, 4) is 11.5 Å². The molecule has 0 aromatic heterocycles. The molecule has 0 spiro atoms. The molecule has 0 bridgehead atoms. The maximum Gasteiger partial charge on any atom is 0.305 e. The SMILES string of the molecule is CCNC(=NCC(C)Oc1cccc(OC)c1)NCCCC(=O)OCC. The van der Waals surface area contributed by atoms with E-state index in [1.165, 1.54) is 0 Å². The molecule has 0 saturated carbocycles. The van der Waals surface area contributed by atoms with Crippen LogP contribution in [-0.2, 0) is 9.53 Å². The Hall–Kier alpha value is -2.44. The summed E-state index contributed by atoms with van der Waals surface area (Å²) in [5.41, 5.74) is 0. The van der Waals surface area contributed by atoms with Gasteiger partial charge in [-0.05, 0) is 39.3 Å². The number of ether oxygens (including phenoxy) is 3. The zero-order chi connectivity index (χ0) is 19.2. The first-order valence-corrected chi connectivity index (χ1v) is 9.07. The Morgan fingerprint density at radius 1 is 1.23 bits per heavy atom. The number of guanidine groups is 1. The van der Waals surface area contributed by atoms with Crippen LogP contribution in [0.3, 0.4) is 0 Å². The van der Waals surface area contributed by atoms with Gasteiger partial charge in [-0.1, -0.05) is 6.07 Å². The Morgan fingerprint density at radius 3 is 2.69 bits per heavy atom. The van der Waals surface area contributed by atoms with Crippen molar-refractivity contribution in [2.24, 2.45) is 4.99 Å². The molecule has 0 aliphatic rings. The summed E-state index contributed by atoms with van der Waals surface area (Å²) in [7, 11) is 1.63. The Balaban J connectivity index is 2.42. The van der Waals surface area contributed by atoms with Crippen LogP contribution < -0.4 is 20.1 Å². The molecule has 26 heavy (non-hydrogen) atoms. The molecule has 0 radical (unpaired) electrons. The maximum absolute atomic E-state index is 11.3. The third kappa shape index (κ3) is 9.15. The van der Waals surface area contributed by atoms with Crippen molar-refractivity contribution in [3.63, 3.8) is 0 Å². The number of hydrogen-bond donors (Lipinski definition) is 2. The lowest BCUT2D eigenvalue weighted by Gasteiger charge is -2.15. The number of hydrogen-bond acceptors (Lipinski definition) is 5. The predicted octanol–water partition coefficient (Wildman–Crippen LogP) is 2.36. The van der Waals surface area contributed by atoms with Crippen LogP contribution in [-0.4, -0.2) is 51.4 Å². The number of carbonyl (C=O) groups is 1. The van der Waals surface area contributed by atoms with Gasteiger partial charge in [-0.2, -0.15) is 0 Å². The van der Waals surface area contributed by atoms with E-state index in [1.807, 2.05) is 38.1 Å². The highest BCUT2D eigenvalue weighted by Crippen LogP contribution is 2.19. The highest BCUT2D eigenvalue weighted by molar-refractivity contribution is 5.79. The first-order valence-electron chi connectivity index (χ1n) is 9.07. The van der Waals surface area contributed by atoms with E-state index in [0.717, 1.165) is 18.0 Å². The van der Waals surface area contributed by atoms with Crippen molar-refractivity contribution in [2.75, 3.05) is 33.4 Å². The second-order valence-electron chi connectivity index (χ2n) is 5.66. The lowest BCUT2D eigenvalue weighted by Crippen LogP contribution is -2.38. The minimum atomic E-state index is -0.170. The van der Waals surface area contributed by atoms with Gasteiger partial charge < -0.3 is 24.8 Å². The lowest BCUT2D eigenvalue weighted by molar-refractivity contribution is -0.143. The number of methoxy groups -OCH3 is 1. The van der Waals surface area contributed by atoms with Gasteiger partial charge in [0.2, 0.25) is 0 Å². The molecular weight excluding hydrogens is 334 g/mol. The summed E-state index contributed by atoms with van der Waals surface area (Å²) in [4.78, 5) is 15.9. The van der Waals surface area contributed by atoms with E-state index in [4.69, 9.17) is 14.2 Å². The Kier molecular flexibility index (Phi) is 10.7. The van der Waals surface area contributed by atoms with Crippen molar-refractivity contribution in [2.45, 2.75) is 39.7 Å². The normalized spacial score (nSPS) is 12.2. The summed E-state index contributed by atoms with van der Waals surface area (Å²) in [6.45, 7) is 8.11. The van der Waals surface area contributed by atoms with E-state index in [2.05, 4.69) is 15.6 Å². The molecule has 1 atom stereocenters. The first kappa shape index (κ1) is 21.6. The molecule has 0 aliphatic carbocycles. The quantitative estimate of drug-likeness (QED) is 0.271. The highest BCUT2D eigenvalue weighted by Gasteiger charge is 2.06. The number of esters is 1. The van der Waals surface area contributed by atoms with Crippen LogP contribution in [0.15, 0.2) is 29.3 Å². The Labute approximate surface area is 156 Å². The molecular formula is C19H31N3O4. The minimum absolute atomic E-state index is 0.0860. The number of nitrogens with zero attached hydrogens (tertiary/aromatic N) is 1. The van der Waals surface area contributed by atoms with Gasteiger partial charge >= 0.3 is 5.97 Å². The van der Waals surface area contributed by atoms with Crippen LogP contribution >= 0.6 is 0 Å². The predicted molar refractivity (Wildman–Crippen MR) is 103 cm³/mol. The second kappa shape index (κ2) is 12.9. The smallest absolute Gasteiger partial charge is 0.305 e. The monoisotopic (exact) mass is 365 g/mol. The van der Waals surface area contributed by atoms with Crippen LogP contribution in [0.5, 0.6) is 11.5 Å². The standard InChI is InChI=1S/C19H31N3O4/c1-5-20-19(21-12-8-11-18(23)25-6-2)22-14-15(3)26-17-10-7-9-16(13-17)24-4/h7,9-10,13,15H,5-6,8,11-12,14H2,1-4H3,(H2,20,21,22). The Bertz CT molecular complexity index is 563. The van der Waals surface area contributed by atoms with Gasteiger partial charge in [0, 0.05) is 25.6 Å². The largest absolute Gasteiger partial charge is 0.497 e. The van der Waals surface area contributed by atoms with E-state index >= 15 is 0 Å². The average molecular weight is 365 g/mol. The van der Waals surface area contributed by atoms with Crippen molar-refractivity contribution in [3.05, 3.63) is 24.3 Å². The molecule has 1 unspecified atom stereocenters. The fourth-order valence-corrected chi connectivity index (χ4v) is 2.18. The molecule has 0 saturated heterocycles. The molecule has 0 fully saturated rings. The molecule has 0 amide bonds. The van der Waals surface area contributed by atoms with Gasteiger partial charge in [0.25, 0.3) is 0 Å². The average Bonchev–Trinajstić information content (AvgIpc) is 2.63. The van der Waals surface area contributed by atoms with Crippen molar-refractivity contribution >= 4 is 11.9 Å². The van der Waals surface area contributed by atoms with Crippen molar-refractivity contribution in [1.82, 2.24) is 10.6 Å². The number of nitrogens with one attached hydrogen (secondary N) is 2. The Morgan fingerprint density at radius 2 is 2.00 bits per heavy atom. The summed E-state index contributed by atoms with van der Waals surface area (Å²) in [6, 6.07) is 7.50. The van der Waals surface area contributed by atoms with E-state index in [-0.39, 0.29) is 12.1 Å². The van der Waals surface area contributed by atoms with Crippen molar-refractivity contribution < 1.29 is 19.0 Å². The van der Waals surface area contributed by atoms with Gasteiger partial charge in [-0.25, -0.2) is 4.99 Å². The summed E-state index contributed by atoms with van der Waals surface area (Å²) in [5, 5.41) is 6.39. The maximum atomic E-state index is 11.3. The molecule has 7 heteroatoms. The lowest BCUT2D eigenvalue weighted by atomic mass is 10.3. The van der Waals surface area contributed by atoms with Crippen LogP contribution in [0, 0.1) is 0 Å². The summed E-state index contributed by atoms with van der Waals surface area (Å²) in [6.07, 6.45) is 1.01. The van der Waals surface area contributed by atoms with Gasteiger partial charge in [-0.3, -0.25) is 4.79 Å². The summed E-state index contributed by atoms with van der Waals surface area (Å²) >= 11 is 0. The van der Waals surface area contributed by atoms with Gasteiger partial charge in [0.15, 0.2) is 5.96 Å². The third-order valence-electron chi connectivity index (χ3n) is 3.38. The topological polar surface area (TPSA) is 81.2 Å². The summed E-state index contributed by atoms with van der Waals surface area (Å²) < 4.78 is 16.0. The molecule has 0 heterocycles. The highest BCUT2D eigenvalue weighted by atomic mass is 16.5. The van der Waals surface area contributed by atoms with Gasteiger partial charge in [0.1, 0.15) is 17.6 Å². The van der Waals surface area contributed by atoms with E-state index in [1.54, 1.807) is 14.0 Å². The fourth-order valence-electron chi connectivity index (χ4n) is 2.18. The van der Waals surface area contributed by atoms with E-state index < -0.39 is 0 Å². The van der Waals surface area contributed by atoms with Crippen molar-refractivity contribution in [1.29, 1.82) is 0 Å². The molecule has 146 valence electrons. The molecule has 1 aromatic rings. The van der Waals surface area contributed by atoms with Crippen LogP contribution in [0.1, 0.15) is 33.6 Å². The zero-order valence-corrected chi connectivity index (χ0v) is 16.2. The first-order chi connectivity index (χ1) is 12.6. The summed E-state index contributed by atoms with van der Waals surface area (Å²) in [5.74, 6) is 2.04. The number of aliphatic imine (C=N–C) groups is 1. The number of benzene rings is 1.